The second-order valence-corrected chi connectivity index (χ2v) is 6.19. The average Bonchev–Trinajstić information content (AvgIpc) is 2.89. The molecule has 0 bridgehead atoms. The predicted molar refractivity (Wildman–Crippen MR) is 84.1 cm³/mol. The minimum absolute atomic E-state index is 0.364. The van der Waals surface area contributed by atoms with Crippen molar-refractivity contribution in [1.82, 2.24) is 9.97 Å². The Kier molecular flexibility index (Phi) is 4.66. The van der Waals surface area contributed by atoms with Gasteiger partial charge in [0.05, 0.1) is 0 Å². The number of hydrogen-bond acceptors (Lipinski definition) is 6. The van der Waals surface area contributed by atoms with Crippen molar-refractivity contribution in [3.8, 4) is 0 Å². The molecule has 2 heterocycles. The van der Waals surface area contributed by atoms with Gasteiger partial charge in [0.15, 0.2) is 5.16 Å². The van der Waals surface area contributed by atoms with E-state index in [0.717, 1.165) is 12.2 Å². The fourth-order valence-electron chi connectivity index (χ4n) is 1.78. The summed E-state index contributed by atoms with van der Waals surface area (Å²) in [5.74, 6) is 1.39. The largest absolute Gasteiger partial charge is 0.383 e. The maximum Gasteiger partial charge on any atom is 0.191 e. The van der Waals surface area contributed by atoms with Gasteiger partial charge >= 0.3 is 0 Å². The molecule has 0 aliphatic heterocycles. The van der Waals surface area contributed by atoms with Gasteiger partial charge in [-0.3, -0.25) is 0 Å². The van der Waals surface area contributed by atoms with Gasteiger partial charge in [-0.05, 0) is 24.6 Å². The van der Waals surface area contributed by atoms with Crippen LogP contribution in [0.4, 0.5) is 11.6 Å². The number of nitrogen functional groups attached to an aromatic ring is 1. The second-order valence-electron chi connectivity index (χ2n) is 4.38. The Labute approximate surface area is 122 Å². The van der Waals surface area contributed by atoms with Gasteiger partial charge in [-0.15, -0.1) is 11.3 Å². The summed E-state index contributed by atoms with van der Waals surface area (Å²) in [6.45, 7) is 2.19. The van der Waals surface area contributed by atoms with Crippen molar-refractivity contribution in [3.63, 3.8) is 0 Å². The summed E-state index contributed by atoms with van der Waals surface area (Å²) >= 11 is 3.29. The summed E-state index contributed by atoms with van der Waals surface area (Å²) in [5, 5.41) is 2.82. The van der Waals surface area contributed by atoms with Crippen molar-refractivity contribution in [1.29, 1.82) is 0 Å². The molecular formula is C13H18N4S2. The summed E-state index contributed by atoms with van der Waals surface area (Å²) in [5.41, 5.74) is 5.82. The van der Waals surface area contributed by atoms with E-state index >= 15 is 0 Å². The van der Waals surface area contributed by atoms with Gasteiger partial charge in [0.2, 0.25) is 0 Å². The fourth-order valence-corrected chi connectivity index (χ4v) is 2.99. The number of nitrogens with two attached hydrogens (primary N) is 1. The molecule has 2 aromatic rings. The van der Waals surface area contributed by atoms with E-state index in [9.17, 15) is 0 Å². The first-order chi connectivity index (χ1) is 9.10. The molecule has 0 fully saturated rings. The van der Waals surface area contributed by atoms with Crippen LogP contribution in [-0.4, -0.2) is 29.3 Å². The van der Waals surface area contributed by atoms with E-state index in [-0.39, 0.29) is 0 Å². The monoisotopic (exact) mass is 294 g/mol. The first-order valence-corrected chi connectivity index (χ1v) is 8.14. The molecule has 0 aromatic carbocycles. The van der Waals surface area contributed by atoms with Crippen molar-refractivity contribution < 1.29 is 0 Å². The van der Waals surface area contributed by atoms with E-state index in [1.807, 2.05) is 19.4 Å². The minimum Gasteiger partial charge on any atom is -0.383 e. The molecule has 0 amide bonds. The molecule has 19 heavy (non-hydrogen) atoms. The van der Waals surface area contributed by atoms with Gasteiger partial charge in [-0.25, -0.2) is 9.97 Å². The number of thioether (sulfide) groups is 1. The van der Waals surface area contributed by atoms with E-state index in [0.29, 0.717) is 17.0 Å². The Morgan fingerprint density at radius 1 is 1.47 bits per heavy atom. The Balaban J connectivity index is 2.14. The molecule has 0 aliphatic carbocycles. The lowest BCUT2D eigenvalue weighted by Gasteiger charge is -2.26. The third kappa shape index (κ3) is 3.61. The summed E-state index contributed by atoms with van der Waals surface area (Å²) in [6, 6.07) is 6.44. The first-order valence-electron chi connectivity index (χ1n) is 6.04. The summed E-state index contributed by atoms with van der Waals surface area (Å²) in [7, 11) is 2.05. The lowest BCUT2D eigenvalue weighted by Crippen LogP contribution is -2.31. The van der Waals surface area contributed by atoms with Crippen LogP contribution in [0.15, 0.2) is 28.7 Å². The third-order valence-corrected chi connectivity index (χ3v) is 4.44. The molecule has 2 N–H and O–H groups in total. The Morgan fingerprint density at radius 2 is 2.26 bits per heavy atom. The van der Waals surface area contributed by atoms with E-state index in [2.05, 4.69) is 39.3 Å². The highest BCUT2D eigenvalue weighted by Crippen LogP contribution is 2.21. The zero-order valence-corrected chi connectivity index (χ0v) is 13.0. The third-order valence-electron chi connectivity index (χ3n) is 2.99. The summed E-state index contributed by atoms with van der Waals surface area (Å²) in [6.07, 6.45) is 2.96. The minimum atomic E-state index is 0.364. The first kappa shape index (κ1) is 14.1. The van der Waals surface area contributed by atoms with Crippen LogP contribution in [0.3, 0.4) is 0 Å². The van der Waals surface area contributed by atoms with E-state index in [1.54, 1.807) is 11.3 Å². The lowest BCUT2D eigenvalue weighted by molar-refractivity contribution is 0.675. The van der Waals surface area contributed by atoms with E-state index in [4.69, 9.17) is 5.73 Å². The summed E-state index contributed by atoms with van der Waals surface area (Å²) in [4.78, 5) is 12.2. The maximum absolute atomic E-state index is 5.82. The van der Waals surface area contributed by atoms with E-state index in [1.165, 1.54) is 16.6 Å². The molecule has 2 aromatic heterocycles. The molecule has 0 saturated carbocycles. The Morgan fingerprint density at radius 3 is 2.89 bits per heavy atom. The van der Waals surface area contributed by atoms with Crippen LogP contribution in [0, 0.1) is 0 Å². The Hall–Kier alpha value is -1.27. The lowest BCUT2D eigenvalue weighted by atomic mass is 10.2. The highest BCUT2D eigenvalue weighted by atomic mass is 32.2. The number of thiophene rings is 1. The highest BCUT2D eigenvalue weighted by Gasteiger charge is 2.14. The molecule has 1 unspecified atom stereocenters. The number of anilines is 2. The van der Waals surface area contributed by atoms with Gasteiger partial charge in [-0.2, -0.15) is 0 Å². The van der Waals surface area contributed by atoms with Crippen molar-refractivity contribution >= 4 is 34.7 Å². The maximum atomic E-state index is 5.82. The zero-order valence-electron chi connectivity index (χ0n) is 11.3. The van der Waals surface area contributed by atoms with Crippen molar-refractivity contribution in [3.05, 3.63) is 28.5 Å². The number of likely N-dealkylation sites (N-methyl/N-ethyl adjacent to an activating group) is 1. The fraction of sp³-hybridized carbons (Fsp3) is 0.385. The van der Waals surface area contributed by atoms with E-state index < -0.39 is 0 Å². The number of rotatable bonds is 5. The van der Waals surface area contributed by atoms with Gasteiger partial charge in [-0.1, -0.05) is 17.8 Å². The Bertz CT molecular complexity index is 527. The van der Waals surface area contributed by atoms with Gasteiger partial charge in [0.25, 0.3) is 0 Å². The number of hydrogen-bond donors (Lipinski definition) is 1. The van der Waals surface area contributed by atoms with Crippen LogP contribution >= 0.6 is 23.1 Å². The molecule has 0 radical (unpaired) electrons. The van der Waals surface area contributed by atoms with Crippen LogP contribution in [0.5, 0.6) is 0 Å². The molecule has 1 atom stereocenters. The SMILES string of the molecule is CSc1nc(N)cc(N(C)C(C)Cc2cccs2)n1. The van der Waals surface area contributed by atoms with Crippen molar-refractivity contribution in [2.24, 2.45) is 0 Å². The predicted octanol–water partition coefficient (Wildman–Crippen LogP) is 2.91. The quantitative estimate of drug-likeness (QED) is 0.679. The molecule has 0 aliphatic rings. The number of nitrogens with zero attached hydrogens (tertiary/aromatic N) is 3. The highest BCUT2D eigenvalue weighted by molar-refractivity contribution is 7.98. The molecule has 4 nitrogen and oxygen atoms in total. The molecule has 6 heteroatoms. The van der Waals surface area contributed by atoms with Gasteiger partial charge in [0, 0.05) is 30.5 Å². The van der Waals surface area contributed by atoms with Crippen LogP contribution in [0.1, 0.15) is 11.8 Å². The zero-order chi connectivity index (χ0) is 13.8. The van der Waals surface area contributed by atoms with Crippen molar-refractivity contribution in [2.45, 2.75) is 24.5 Å². The molecule has 0 saturated heterocycles. The molecular weight excluding hydrogens is 276 g/mol. The topological polar surface area (TPSA) is 55.0 Å². The molecule has 2 rings (SSSR count). The molecule has 0 spiro atoms. The average molecular weight is 294 g/mol. The van der Waals surface area contributed by atoms with Crippen LogP contribution in [0.2, 0.25) is 0 Å². The van der Waals surface area contributed by atoms with Crippen LogP contribution in [-0.2, 0) is 6.42 Å². The second kappa shape index (κ2) is 6.25. The summed E-state index contributed by atoms with van der Waals surface area (Å²) < 4.78 is 0. The van der Waals surface area contributed by atoms with Crippen LogP contribution in [0.25, 0.3) is 0 Å². The van der Waals surface area contributed by atoms with Gasteiger partial charge in [0.1, 0.15) is 11.6 Å². The van der Waals surface area contributed by atoms with Crippen LogP contribution < -0.4 is 10.6 Å². The smallest absolute Gasteiger partial charge is 0.191 e. The molecule has 102 valence electrons. The van der Waals surface area contributed by atoms with Gasteiger partial charge < -0.3 is 10.6 Å². The standard InChI is InChI=1S/C13H18N4S2/c1-9(7-10-5-4-6-19-10)17(2)12-8-11(14)15-13(16-12)18-3/h4-6,8-9H,7H2,1-3H3,(H2,14,15,16). The normalized spacial score (nSPS) is 12.4. The van der Waals surface area contributed by atoms with Crippen molar-refractivity contribution in [2.75, 3.05) is 23.9 Å². The number of aromatic nitrogens is 2.